The summed E-state index contributed by atoms with van der Waals surface area (Å²) in [5, 5.41) is 11.1. The highest BCUT2D eigenvalue weighted by Gasteiger charge is 2.20. The van der Waals surface area contributed by atoms with Crippen molar-refractivity contribution in [3.8, 4) is 0 Å². The number of halogens is 1. The maximum atomic E-state index is 12.5. The lowest BCUT2D eigenvalue weighted by molar-refractivity contribution is -0.131. The molecular formula is C7H10FNO2. The molecule has 1 aliphatic heterocycles. The summed E-state index contributed by atoms with van der Waals surface area (Å²) in [5.74, 6) is -0.992. The number of nitrogens with one attached hydrogen (secondary N) is 1. The van der Waals surface area contributed by atoms with E-state index in [9.17, 15) is 9.18 Å². The average molecular weight is 159 g/mol. The summed E-state index contributed by atoms with van der Waals surface area (Å²) in [6.45, 7) is 0.328. The fourth-order valence-corrected chi connectivity index (χ4v) is 1.07. The van der Waals surface area contributed by atoms with Crippen LogP contribution in [-0.2, 0) is 4.79 Å². The van der Waals surface area contributed by atoms with Crippen molar-refractivity contribution >= 4 is 5.97 Å². The Kier molecular flexibility index (Phi) is 2.59. The zero-order chi connectivity index (χ0) is 8.27. The van der Waals surface area contributed by atoms with Crippen LogP contribution in [0.4, 0.5) is 4.39 Å². The van der Waals surface area contributed by atoms with Crippen LogP contribution in [0.5, 0.6) is 0 Å². The Labute approximate surface area is 63.9 Å². The van der Waals surface area contributed by atoms with Gasteiger partial charge in [0, 0.05) is 18.7 Å². The molecule has 0 aromatic heterocycles. The Morgan fingerprint density at radius 1 is 1.73 bits per heavy atom. The predicted molar refractivity (Wildman–Crippen MR) is 38.1 cm³/mol. The molecule has 0 amide bonds. The lowest BCUT2D eigenvalue weighted by Crippen LogP contribution is -2.18. The molecule has 4 heteroatoms. The Bertz CT molecular complexity index is 181. The highest BCUT2D eigenvalue weighted by Crippen LogP contribution is 2.10. The van der Waals surface area contributed by atoms with Gasteiger partial charge < -0.3 is 10.4 Å². The lowest BCUT2D eigenvalue weighted by Gasteiger charge is -1.99. The smallest absolute Gasteiger partial charge is 0.328 e. The molecule has 1 fully saturated rings. The molecule has 2 atom stereocenters. The predicted octanol–water partition coefficient (Wildman–Crippen LogP) is 0.327. The van der Waals surface area contributed by atoms with E-state index in [4.69, 9.17) is 5.11 Å². The number of aliphatic carboxylic acids is 1. The third-order valence-corrected chi connectivity index (χ3v) is 1.58. The lowest BCUT2D eigenvalue weighted by atomic mass is 10.2. The molecule has 1 aliphatic rings. The maximum absolute atomic E-state index is 12.5. The van der Waals surface area contributed by atoms with Gasteiger partial charge in [-0.1, -0.05) is 6.08 Å². The standard InChI is InChI=1S/C7H10FNO2/c8-5-3-6(9-4-5)1-2-7(10)11/h1-2,5-6,9H,3-4H2,(H,10,11)/b2-1+/t5-,6?/m0/s1. The molecule has 0 spiro atoms. The molecule has 3 nitrogen and oxygen atoms in total. The first kappa shape index (κ1) is 8.20. The molecule has 0 radical (unpaired) electrons. The average Bonchev–Trinajstić information content (AvgIpc) is 2.31. The van der Waals surface area contributed by atoms with Crippen molar-refractivity contribution in [1.29, 1.82) is 0 Å². The van der Waals surface area contributed by atoms with Crippen molar-refractivity contribution in [3.63, 3.8) is 0 Å². The largest absolute Gasteiger partial charge is 0.478 e. The molecule has 0 aromatic rings. The highest BCUT2D eigenvalue weighted by molar-refractivity contribution is 5.79. The Morgan fingerprint density at radius 2 is 2.45 bits per heavy atom. The van der Waals surface area contributed by atoms with Gasteiger partial charge in [0.15, 0.2) is 0 Å². The van der Waals surface area contributed by atoms with E-state index in [1.54, 1.807) is 0 Å². The van der Waals surface area contributed by atoms with Crippen LogP contribution in [0.15, 0.2) is 12.2 Å². The minimum Gasteiger partial charge on any atom is -0.478 e. The molecule has 0 bridgehead atoms. The maximum Gasteiger partial charge on any atom is 0.328 e. The number of hydrogen-bond donors (Lipinski definition) is 2. The molecule has 1 rings (SSSR count). The normalized spacial score (nSPS) is 31.4. The number of alkyl halides is 1. The number of carboxylic acids is 1. The second kappa shape index (κ2) is 3.48. The first-order chi connectivity index (χ1) is 5.18. The van der Waals surface area contributed by atoms with Gasteiger partial charge in [0.05, 0.1) is 0 Å². The monoisotopic (exact) mass is 159 g/mol. The van der Waals surface area contributed by atoms with Crippen LogP contribution in [0.3, 0.4) is 0 Å². The molecule has 0 aromatic carbocycles. The van der Waals surface area contributed by atoms with E-state index < -0.39 is 12.1 Å². The van der Waals surface area contributed by atoms with Crippen molar-refractivity contribution < 1.29 is 14.3 Å². The third kappa shape index (κ3) is 2.67. The van der Waals surface area contributed by atoms with E-state index in [-0.39, 0.29) is 6.04 Å². The first-order valence-corrected chi connectivity index (χ1v) is 3.47. The summed E-state index contributed by atoms with van der Waals surface area (Å²) in [6.07, 6.45) is 2.06. The van der Waals surface area contributed by atoms with E-state index in [0.717, 1.165) is 6.08 Å². The fourth-order valence-electron chi connectivity index (χ4n) is 1.07. The van der Waals surface area contributed by atoms with Gasteiger partial charge in [-0.3, -0.25) is 0 Å². The fraction of sp³-hybridized carbons (Fsp3) is 0.571. The van der Waals surface area contributed by atoms with E-state index in [1.807, 2.05) is 0 Å². The van der Waals surface area contributed by atoms with Crippen molar-refractivity contribution in [3.05, 3.63) is 12.2 Å². The van der Waals surface area contributed by atoms with E-state index in [1.165, 1.54) is 6.08 Å². The van der Waals surface area contributed by atoms with Crippen LogP contribution in [0.2, 0.25) is 0 Å². The summed E-state index contributed by atoms with van der Waals surface area (Å²) in [7, 11) is 0. The SMILES string of the molecule is O=C(O)/C=C/C1C[C@H](F)CN1. The zero-order valence-corrected chi connectivity index (χ0v) is 5.96. The second-order valence-electron chi connectivity index (χ2n) is 2.55. The second-order valence-corrected chi connectivity index (χ2v) is 2.55. The van der Waals surface area contributed by atoms with Crippen LogP contribution in [-0.4, -0.2) is 29.8 Å². The highest BCUT2D eigenvalue weighted by atomic mass is 19.1. The minimum absolute atomic E-state index is 0.110. The van der Waals surface area contributed by atoms with E-state index in [0.29, 0.717) is 13.0 Å². The van der Waals surface area contributed by atoms with Gasteiger partial charge >= 0.3 is 5.97 Å². The Morgan fingerprint density at radius 3 is 2.91 bits per heavy atom. The van der Waals surface area contributed by atoms with Gasteiger partial charge in [0.2, 0.25) is 0 Å². The van der Waals surface area contributed by atoms with Crippen LogP contribution >= 0.6 is 0 Å². The number of hydrogen-bond acceptors (Lipinski definition) is 2. The third-order valence-electron chi connectivity index (χ3n) is 1.58. The van der Waals surface area contributed by atoms with Crippen LogP contribution < -0.4 is 5.32 Å². The van der Waals surface area contributed by atoms with Crippen LogP contribution in [0.25, 0.3) is 0 Å². The molecule has 62 valence electrons. The molecule has 11 heavy (non-hydrogen) atoms. The number of carbonyl (C=O) groups is 1. The van der Waals surface area contributed by atoms with Gasteiger partial charge in [0.1, 0.15) is 6.17 Å². The van der Waals surface area contributed by atoms with Crippen molar-refractivity contribution in [2.75, 3.05) is 6.54 Å². The van der Waals surface area contributed by atoms with Gasteiger partial charge in [-0.2, -0.15) is 0 Å². The van der Waals surface area contributed by atoms with E-state index in [2.05, 4.69) is 5.32 Å². The quantitative estimate of drug-likeness (QED) is 0.571. The topological polar surface area (TPSA) is 49.3 Å². The summed E-state index contributed by atoms with van der Waals surface area (Å²) >= 11 is 0. The molecule has 0 saturated carbocycles. The van der Waals surface area contributed by atoms with Crippen LogP contribution in [0.1, 0.15) is 6.42 Å². The number of rotatable bonds is 2. The summed E-state index contributed by atoms with van der Waals surface area (Å²) in [6, 6.07) is -0.110. The Hall–Kier alpha value is -0.900. The van der Waals surface area contributed by atoms with Crippen molar-refractivity contribution in [1.82, 2.24) is 5.32 Å². The molecular weight excluding hydrogens is 149 g/mol. The van der Waals surface area contributed by atoms with Crippen LogP contribution in [0, 0.1) is 0 Å². The first-order valence-electron chi connectivity index (χ1n) is 3.47. The van der Waals surface area contributed by atoms with Crippen molar-refractivity contribution in [2.45, 2.75) is 18.6 Å². The molecule has 2 N–H and O–H groups in total. The van der Waals surface area contributed by atoms with Gasteiger partial charge in [-0.25, -0.2) is 9.18 Å². The summed E-state index contributed by atoms with van der Waals surface area (Å²) < 4.78 is 12.5. The molecule has 0 aliphatic carbocycles. The Balaban J connectivity index is 2.33. The van der Waals surface area contributed by atoms with Gasteiger partial charge in [-0.05, 0) is 6.42 Å². The number of carboxylic acid groups (broad SMARTS) is 1. The van der Waals surface area contributed by atoms with Crippen molar-refractivity contribution in [2.24, 2.45) is 0 Å². The zero-order valence-electron chi connectivity index (χ0n) is 5.96. The minimum atomic E-state index is -0.992. The molecule has 1 unspecified atom stereocenters. The van der Waals surface area contributed by atoms with Gasteiger partial charge in [-0.15, -0.1) is 0 Å². The summed E-state index contributed by atoms with van der Waals surface area (Å²) in [4.78, 5) is 10.0. The molecule has 1 saturated heterocycles. The summed E-state index contributed by atoms with van der Waals surface area (Å²) in [5.41, 5.74) is 0. The van der Waals surface area contributed by atoms with E-state index >= 15 is 0 Å². The van der Waals surface area contributed by atoms with Gasteiger partial charge in [0.25, 0.3) is 0 Å². The molecule has 1 heterocycles.